The molecule has 1 amide bonds. The van der Waals surface area contributed by atoms with Crippen LogP contribution in [0.1, 0.15) is 11.5 Å². The molecule has 0 bridgehead atoms. The molecule has 1 aliphatic rings. The minimum Gasteiger partial charge on any atom is -0.340 e. The van der Waals surface area contributed by atoms with Gasteiger partial charge in [-0.3, -0.25) is 14.3 Å². The molecule has 0 unspecified atom stereocenters. The highest BCUT2D eigenvalue weighted by atomic mass is 16.2. The number of nitrogens with two attached hydrogens (primary N) is 1. The zero-order valence-electron chi connectivity index (χ0n) is 15.0. The van der Waals surface area contributed by atoms with Crippen molar-refractivity contribution in [1.82, 2.24) is 14.7 Å². The van der Waals surface area contributed by atoms with E-state index in [0.717, 1.165) is 0 Å². The predicted octanol–water partition coefficient (Wildman–Crippen LogP) is 1.60. The second-order valence-corrected chi connectivity index (χ2v) is 7.00. The summed E-state index contributed by atoms with van der Waals surface area (Å²) in [5.41, 5.74) is 7.73. The number of likely N-dealkylation sites (tertiary alicyclic amines) is 1. The van der Waals surface area contributed by atoms with Crippen molar-refractivity contribution in [3.63, 3.8) is 0 Å². The Bertz CT molecular complexity index is 1020. The first kappa shape index (κ1) is 17.4. The van der Waals surface area contributed by atoms with Gasteiger partial charge >= 0.3 is 0 Å². The van der Waals surface area contributed by atoms with Crippen LogP contribution in [0, 0.1) is 5.92 Å². The van der Waals surface area contributed by atoms with Gasteiger partial charge in [0.15, 0.2) is 0 Å². The highest BCUT2D eigenvalue weighted by Crippen LogP contribution is 2.32. The average Bonchev–Trinajstić information content (AvgIpc) is 3.16. The van der Waals surface area contributed by atoms with E-state index in [1.165, 1.54) is 11.8 Å². The van der Waals surface area contributed by atoms with Gasteiger partial charge in [-0.2, -0.15) is 5.10 Å². The molecule has 6 nitrogen and oxygen atoms in total. The molecular weight excluding hydrogens is 340 g/mol. The van der Waals surface area contributed by atoms with Crippen molar-refractivity contribution in [2.75, 3.05) is 19.6 Å². The lowest BCUT2D eigenvalue weighted by Crippen LogP contribution is -2.33. The number of hydrogen-bond acceptors (Lipinski definition) is 4. The third kappa shape index (κ3) is 3.36. The molecule has 0 radical (unpaired) electrons. The highest BCUT2D eigenvalue weighted by Gasteiger charge is 2.35. The minimum atomic E-state index is -0.136. The van der Waals surface area contributed by atoms with E-state index in [-0.39, 0.29) is 29.7 Å². The number of fused-ring (bicyclic) bond motifs is 1. The molecule has 0 saturated carbocycles. The fourth-order valence-electron chi connectivity index (χ4n) is 3.91. The Morgan fingerprint density at radius 1 is 1.07 bits per heavy atom. The third-order valence-electron chi connectivity index (χ3n) is 5.37. The summed E-state index contributed by atoms with van der Waals surface area (Å²) in [5.74, 6) is 0.488. The molecule has 138 valence electrons. The van der Waals surface area contributed by atoms with Gasteiger partial charge in [-0.15, -0.1) is 0 Å². The molecule has 0 spiro atoms. The van der Waals surface area contributed by atoms with Crippen molar-refractivity contribution in [2.24, 2.45) is 11.7 Å². The first-order valence-electron chi connectivity index (χ1n) is 9.15. The van der Waals surface area contributed by atoms with Crippen molar-refractivity contribution in [3.05, 3.63) is 76.6 Å². The molecule has 27 heavy (non-hydrogen) atoms. The Hall–Kier alpha value is -2.99. The quantitative estimate of drug-likeness (QED) is 0.764. The Balaban J connectivity index is 1.56. The second-order valence-electron chi connectivity index (χ2n) is 7.00. The lowest BCUT2D eigenvalue weighted by Gasteiger charge is -2.18. The summed E-state index contributed by atoms with van der Waals surface area (Å²) in [6, 6.07) is 17.4. The van der Waals surface area contributed by atoms with Crippen LogP contribution < -0.4 is 11.2 Å². The molecule has 1 aromatic heterocycles. The molecule has 1 fully saturated rings. The van der Waals surface area contributed by atoms with Crippen LogP contribution in [0.4, 0.5) is 0 Å². The molecule has 2 aromatic carbocycles. The highest BCUT2D eigenvalue weighted by molar-refractivity contribution is 5.81. The number of nitrogens with zero attached hydrogens (tertiary/aromatic N) is 3. The van der Waals surface area contributed by atoms with Gasteiger partial charge in [-0.05, 0) is 30.2 Å². The lowest BCUT2D eigenvalue weighted by atomic mass is 9.89. The molecule has 0 aliphatic carbocycles. The Morgan fingerprint density at radius 2 is 1.81 bits per heavy atom. The van der Waals surface area contributed by atoms with Gasteiger partial charge in [-0.1, -0.05) is 42.5 Å². The van der Waals surface area contributed by atoms with E-state index < -0.39 is 0 Å². The zero-order chi connectivity index (χ0) is 18.8. The van der Waals surface area contributed by atoms with Crippen molar-refractivity contribution in [2.45, 2.75) is 12.5 Å². The molecule has 3 aromatic rings. The number of benzene rings is 2. The summed E-state index contributed by atoms with van der Waals surface area (Å²) >= 11 is 0. The third-order valence-corrected chi connectivity index (χ3v) is 5.37. The van der Waals surface area contributed by atoms with Gasteiger partial charge in [0, 0.05) is 24.4 Å². The van der Waals surface area contributed by atoms with Gasteiger partial charge in [0.25, 0.3) is 0 Å². The number of rotatable bonds is 4. The number of carbonyl (C=O) groups excluding carboxylic acids is 1. The van der Waals surface area contributed by atoms with Gasteiger partial charge in [0.2, 0.25) is 11.3 Å². The van der Waals surface area contributed by atoms with E-state index in [1.807, 2.05) is 41.3 Å². The van der Waals surface area contributed by atoms with E-state index >= 15 is 0 Å². The first-order valence-corrected chi connectivity index (χ1v) is 9.15. The summed E-state index contributed by atoms with van der Waals surface area (Å²) in [4.78, 5) is 26.8. The summed E-state index contributed by atoms with van der Waals surface area (Å²) in [6.45, 7) is 1.96. The van der Waals surface area contributed by atoms with E-state index in [4.69, 9.17) is 5.73 Å². The zero-order valence-corrected chi connectivity index (χ0v) is 15.0. The van der Waals surface area contributed by atoms with Gasteiger partial charge < -0.3 is 10.6 Å². The second kappa shape index (κ2) is 7.32. The normalized spacial score (nSPS) is 19.5. The van der Waals surface area contributed by atoms with Crippen LogP contribution in [0.3, 0.4) is 0 Å². The molecule has 4 rings (SSSR count). The molecule has 2 N–H and O–H groups in total. The average molecular weight is 362 g/mol. The van der Waals surface area contributed by atoms with Crippen LogP contribution >= 0.6 is 0 Å². The summed E-state index contributed by atoms with van der Waals surface area (Å²) < 4.78 is 1.60. The Labute approximate surface area is 157 Å². The largest absolute Gasteiger partial charge is 0.340 e. The lowest BCUT2D eigenvalue weighted by molar-refractivity contribution is -0.131. The van der Waals surface area contributed by atoms with E-state index in [9.17, 15) is 9.59 Å². The van der Waals surface area contributed by atoms with Crippen LogP contribution in [-0.2, 0) is 11.3 Å². The van der Waals surface area contributed by atoms with E-state index in [0.29, 0.717) is 30.5 Å². The molecule has 1 aliphatic heterocycles. The standard InChI is InChI=1S/C21H22N4O2/c22-10-16-12-24(13-18(16)15-6-2-1-3-7-15)21(27)14-25-19-9-5-4-8-17(19)20(26)11-23-25/h1-9,11,16,18H,10,12-14,22H2/t16-,18+/m1/s1. The number of hydrogen-bond donors (Lipinski definition) is 1. The predicted molar refractivity (Wildman–Crippen MR) is 104 cm³/mol. The van der Waals surface area contributed by atoms with E-state index in [2.05, 4.69) is 17.2 Å². The van der Waals surface area contributed by atoms with Gasteiger partial charge in [0.05, 0.1) is 11.7 Å². The topological polar surface area (TPSA) is 81.2 Å². The number of para-hydroxylation sites is 1. The maximum absolute atomic E-state index is 12.9. The molecule has 6 heteroatoms. The maximum Gasteiger partial charge on any atom is 0.244 e. The fraction of sp³-hybridized carbons (Fsp3) is 0.286. The molecular formula is C21H22N4O2. The van der Waals surface area contributed by atoms with Crippen LogP contribution in [0.15, 0.2) is 65.6 Å². The number of amides is 1. The molecule has 1 saturated heterocycles. The SMILES string of the molecule is NC[C@@H]1CN(C(=O)Cn2ncc(=O)c3ccccc32)C[C@H]1c1ccccc1. The first-order chi connectivity index (χ1) is 13.2. The Kier molecular flexibility index (Phi) is 4.73. The maximum atomic E-state index is 12.9. The summed E-state index contributed by atoms with van der Waals surface area (Å²) in [5, 5.41) is 4.74. The van der Waals surface area contributed by atoms with Crippen molar-refractivity contribution >= 4 is 16.8 Å². The van der Waals surface area contributed by atoms with Crippen LogP contribution in [-0.4, -0.2) is 40.2 Å². The van der Waals surface area contributed by atoms with Crippen LogP contribution in [0.5, 0.6) is 0 Å². The Morgan fingerprint density at radius 3 is 2.59 bits per heavy atom. The summed E-state index contributed by atoms with van der Waals surface area (Å²) in [7, 11) is 0. The van der Waals surface area contributed by atoms with Crippen molar-refractivity contribution in [1.29, 1.82) is 0 Å². The molecule has 2 atom stereocenters. The fourth-order valence-corrected chi connectivity index (χ4v) is 3.91. The van der Waals surface area contributed by atoms with Crippen LogP contribution in [0.2, 0.25) is 0 Å². The van der Waals surface area contributed by atoms with Crippen LogP contribution in [0.25, 0.3) is 10.9 Å². The van der Waals surface area contributed by atoms with Gasteiger partial charge in [-0.25, -0.2) is 0 Å². The smallest absolute Gasteiger partial charge is 0.244 e. The number of carbonyl (C=O) groups is 1. The number of aromatic nitrogens is 2. The summed E-state index contributed by atoms with van der Waals surface area (Å²) in [6.07, 6.45) is 1.27. The van der Waals surface area contributed by atoms with Crippen molar-refractivity contribution < 1.29 is 4.79 Å². The minimum absolute atomic E-state index is 0.00631. The van der Waals surface area contributed by atoms with Crippen molar-refractivity contribution in [3.8, 4) is 0 Å². The monoisotopic (exact) mass is 362 g/mol. The van der Waals surface area contributed by atoms with Gasteiger partial charge in [0.1, 0.15) is 6.54 Å². The molecule has 2 heterocycles. The van der Waals surface area contributed by atoms with E-state index in [1.54, 1.807) is 10.7 Å².